The van der Waals surface area contributed by atoms with E-state index in [9.17, 15) is 5.11 Å². The first kappa shape index (κ1) is 16.7. The summed E-state index contributed by atoms with van der Waals surface area (Å²) in [7, 11) is 0. The second-order valence-electron chi connectivity index (χ2n) is 7.32. The minimum absolute atomic E-state index is 0.160. The van der Waals surface area contributed by atoms with E-state index in [2.05, 4.69) is 26.3 Å². The highest BCUT2D eigenvalue weighted by Crippen LogP contribution is 2.28. The lowest BCUT2D eigenvalue weighted by molar-refractivity contribution is 0.457. The molecular weight excluding hydrogens is 372 g/mol. The minimum Gasteiger partial charge on any atom is -0.494 e. The van der Waals surface area contributed by atoms with Gasteiger partial charge in [0.25, 0.3) is 0 Å². The molecule has 0 radical (unpaired) electrons. The monoisotopic (exact) mass is 388 g/mol. The molecule has 6 rings (SSSR count). The van der Waals surface area contributed by atoms with Gasteiger partial charge in [-0.3, -0.25) is 4.98 Å². The molecular formula is C25H16N4O. The zero-order chi connectivity index (χ0) is 20.1. The Kier molecular flexibility index (Phi) is 3.55. The maximum atomic E-state index is 10.3. The number of nitrogens with one attached hydrogen (secondary N) is 1. The van der Waals surface area contributed by atoms with E-state index in [0.717, 1.165) is 54.8 Å². The van der Waals surface area contributed by atoms with E-state index in [0.29, 0.717) is 0 Å². The number of aromatic hydroxyl groups is 1. The number of H-pyrrole nitrogens is 1. The number of benzene rings is 3. The van der Waals surface area contributed by atoms with Crippen LogP contribution >= 0.6 is 0 Å². The number of hydrogen-bond acceptors (Lipinski definition) is 4. The summed E-state index contributed by atoms with van der Waals surface area (Å²) in [6, 6.07) is 24.0. The number of para-hydroxylation sites is 2. The first-order chi connectivity index (χ1) is 14.8. The Bertz CT molecular complexity index is 1610. The molecule has 2 N–H and O–H groups in total. The van der Waals surface area contributed by atoms with Crippen molar-refractivity contribution in [2.45, 2.75) is 0 Å². The lowest BCUT2D eigenvalue weighted by Gasteiger charge is -2.01. The smallest absolute Gasteiger partial charge is 0.196 e. The molecule has 5 aromatic rings. The van der Waals surface area contributed by atoms with Crippen LogP contribution in [0.2, 0.25) is 0 Å². The number of aromatic amines is 1. The van der Waals surface area contributed by atoms with E-state index in [1.165, 1.54) is 0 Å². The van der Waals surface area contributed by atoms with E-state index in [1.807, 2.05) is 79.0 Å². The number of azo groups is 1. The normalized spacial score (nSPS) is 13.5. The van der Waals surface area contributed by atoms with Crippen molar-refractivity contribution in [2.75, 3.05) is 0 Å². The van der Waals surface area contributed by atoms with Gasteiger partial charge in [0.2, 0.25) is 0 Å². The fourth-order valence-electron chi connectivity index (χ4n) is 3.96. The van der Waals surface area contributed by atoms with E-state index < -0.39 is 0 Å². The van der Waals surface area contributed by atoms with Crippen molar-refractivity contribution >= 4 is 39.3 Å². The Morgan fingerprint density at radius 3 is 2.70 bits per heavy atom. The molecule has 0 aliphatic carbocycles. The first-order valence-corrected chi connectivity index (χ1v) is 9.69. The lowest BCUT2D eigenvalue weighted by atomic mass is 10.1. The third-order valence-electron chi connectivity index (χ3n) is 5.43. The highest BCUT2D eigenvalue weighted by atomic mass is 16.3. The maximum absolute atomic E-state index is 10.3. The van der Waals surface area contributed by atoms with Crippen molar-refractivity contribution in [3.63, 3.8) is 0 Å². The Hall–Kier alpha value is -4.25. The molecule has 3 aromatic carbocycles. The summed E-state index contributed by atoms with van der Waals surface area (Å²) < 4.78 is 0. The van der Waals surface area contributed by atoms with Crippen LogP contribution in [0.15, 0.2) is 89.2 Å². The summed E-state index contributed by atoms with van der Waals surface area (Å²) in [5, 5.41) is 23.1. The summed E-state index contributed by atoms with van der Waals surface area (Å²) in [5.41, 5.74) is 5.21. The van der Waals surface area contributed by atoms with Crippen molar-refractivity contribution in [3.8, 4) is 5.88 Å². The number of pyridine rings is 1. The lowest BCUT2D eigenvalue weighted by Crippen LogP contribution is -2.09. The van der Waals surface area contributed by atoms with Gasteiger partial charge in [-0.15, -0.1) is 10.2 Å². The van der Waals surface area contributed by atoms with Crippen molar-refractivity contribution in [2.24, 2.45) is 10.2 Å². The van der Waals surface area contributed by atoms with Gasteiger partial charge in [0, 0.05) is 38.8 Å². The molecule has 0 atom stereocenters. The minimum atomic E-state index is 0.160. The topological polar surface area (TPSA) is 73.6 Å². The Labute approximate surface area is 171 Å². The highest BCUT2D eigenvalue weighted by Gasteiger charge is 2.13. The van der Waals surface area contributed by atoms with Crippen LogP contribution in [0.4, 0.5) is 5.69 Å². The zero-order valence-corrected chi connectivity index (χ0v) is 15.9. The zero-order valence-electron chi connectivity index (χ0n) is 15.9. The molecule has 0 amide bonds. The Balaban J connectivity index is 1.49. The second kappa shape index (κ2) is 6.39. The van der Waals surface area contributed by atoms with Gasteiger partial charge in [-0.2, -0.15) is 0 Å². The summed E-state index contributed by atoms with van der Waals surface area (Å²) in [6.07, 6.45) is 3.80. The standard InChI is InChI=1S/C25H16N4O/c30-25-20(18-6-2-4-8-22(18)27-25)11-15-9-10-19-23(12-15)28-29-24(19)17-13-16-5-1-3-7-21(16)26-14-17/h1-14,27,30H/b15-11+. The van der Waals surface area contributed by atoms with Crippen molar-refractivity contribution in [1.29, 1.82) is 0 Å². The van der Waals surface area contributed by atoms with Crippen LogP contribution in [-0.4, -0.2) is 15.1 Å². The number of rotatable bonds is 2. The quantitative estimate of drug-likeness (QED) is 0.467. The first-order valence-electron chi connectivity index (χ1n) is 9.69. The van der Waals surface area contributed by atoms with Crippen molar-refractivity contribution in [1.82, 2.24) is 9.97 Å². The molecule has 0 unspecified atom stereocenters. The fraction of sp³-hybridized carbons (Fsp3) is 0. The van der Waals surface area contributed by atoms with E-state index in [-0.39, 0.29) is 5.88 Å². The summed E-state index contributed by atoms with van der Waals surface area (Å²) in [4.78, 5) is 7.56. The molecule has 0 saturated carbocycles. The molecule has 142 valence electrons. The van der Waals surface area contributed by atoms with Crippen LogP contribution in [0.25, 0.3) is 33.6 Å². The fourth-order valence-corrected chi connectivity index (χ4v) is 3.96. The highest BCUT2D eigenvalue weighted by molar-refractivity contribution is 5.91. The van der Waals surface area contributed by atoms with E-state index in [1.54, 1.807) is 0 Å². The number of nitrogens with zero attached hydrogens (tertiary/aromatic N) is 3. The van der Waals surface area contributed by atoms with Crippen LogP contribution in [0.1, 0.15) is 11.1 Å². The maximum Gasteiger partial charge on any atom is 0.196 e. The summed E-state index contributed by atoms with van der Waals surface area (Å²) in [6.45, 7) is 0. The average Bonchev–Trinajstić information content (AvgIpc) is 3.34. The van der Waals surface area contributed by atoms with Gasteiger partial charge < -0.3 is 10.1 Å². The van der Waals surface area contributed by atoms with Crippen LogP contribution in [0, 0.1) is 0 Å². The molecule has 30 heavy (non-hydrogen) atoms. The van der Waals surface area contributed by atoms with E-state index >= 15 is 0 Å². The number of hydrogen-bond donors (Lipinski definition) is 2. The van der Waals surface area contributed by atoms with Gasteiger partial charge in [0.05, 0.1) is 11.2 Å². The van der Waals surface area contributed by atoms with Gasteiger partial charge in [0.1, 0.15) is 5.70 Å². The molecule has 0 bridgehead atoms. The summed E-state index contributed by atoms with van der Waals surface area (Å²) >= 11 is 0. The van der Waals surface area contributed by atoms with Crippen molar-refractivity contribution in [3.05, 3.63) is 101 Å². The number of fused-ring (bicyclic) bond motifs is 3. The van der Waals surface area contributed by atoms with Gasteiger partial charge in [-0.1, -0.05) is 42.5 Å². The molecule has 0 fully saturated rings. The van der Waals surface area contributed by atoms with Gasteiger partial charge in [0.15, 0.2) is 5.88 Å². The van der Waals surface area contributed by atoms with Gasteiger partial charge in [-0.25, -0.2) is 0 Å². The molecule has 0 spiro atoms. The van der Waals surface area contributed by atoms with Crippen molar-refractivity contribution < 1.29 is 5.11 Å². The van der Waals surface area contributed by atoms with Crippen LogP contribution in [0.5, 0.6) is 5.88 Å². The third-order valence-corrected chi connectivity index (χ3v) is 5.43. The number of aromatic nitrogens is 2. The van der Waals surface area contributed by atoms with Gasteiger partial charge in [-0.05, 0) is 41.6 Å². The van der Waals surface area contributed by atoms with Crippen LogP contribution in [0.3, 0.4) is 0 Å². The molecule has 0 saturated heterocycles. The largest absolute Gasteiger partial charge is 0.494 e. The molecule has 2 aromatic heterocycles. The Morgan fingerprint density at radius 2 is 1.73 bits per heavy atom. The third kappa shape index (κ3) is 2.60. The predicted octanol–water partition coefficient (Wildman–Crippen LogP) is 4.50. The predicted molar refractivity (Wildman–Crippen MR) is 118 cm³/mol. The Morgan fingerprint density at radius 1 is 0.867 bits per heavy atom. The molecule has 5 heteroatoms. The molecule has 3 heterocycles. The van der Waals surface area contributed by atoms with Crippen LogP contribution < -0.4 is 10.4 Å². The second-order valence-corrected chi connectivity index (χ2v) is 7.32. The molecule has 1 aliphatic rings. The van der Waals surface area contributed by atoms with Gasteiger partial charge >= 0.3 is 0 Å². The van der Waals surface area contributed by atoms with Crippen LogP contribution in [-0.2, 0) is 0 Å². The summed E-state index contributed by atoms with van der Waals surface area (Å²) in [5.74, 6) is 0.160. The van der Waals surface area contributed by atoms with E-state index in [4.69, 9.17) is 0 Å². The SMILES string of the molecule is Oc1[nH]c2ccccc2c1/C=c1\ccc2c(c1)N=NC=2c1cnc2ccccc2c1. The molecule has 5 nitrogen and oxygen atoms in total. The molecule has 1 aliphatic heterocycles. The average molecular weight is 388 g/mol.